The summed E-state index contributed by atoms with van der Waals surface area (Å²) in [5, 5.41) is 11.1. The first-order valence-electron chi connectivity index (χ1n) is 10.1. The Kier molecular flexibility index (Phi) is 6.45. The van der Waals surface area contributed by atoms with Crippen molar-refractivity contribution >= 4 is 17.4 Å². The number of rotatable bonds is 7. The zero-order chi connectivity index (χ0) is 21.8. The van der Waals surface area contributed by atoms with Crippen LogP contribution in [0, 0.1) is 0 Å². The summed E-state index contributed by atoms with van der Waals surface area (Å²) in [6.45, 7) is 6.20. The number of hydrogen-bond donors (Lipinski definition) is 1. The molecule has 158 valence electrons. The third-order valence-electron chi connectivity index (χ3n) is 4.89. The van der Waals surface area contributed by atoms with Crippen LogP contribution >= 0.6 is 0 Å². The monoisotopic (exact) mass is 409 g/mol. The average molecular weight is 409 g/mol. The molecule has 0 radical (unpaired) electrons. The van der Waals surface area contributed by atoms with E-state index in [1.54, 1.807) is 24.3 Å². The van der Waals surface area contributed by atoms with E-state index in [2.05, 4.69) is 0 Å². The van der Waals surface area contributed by atoms with Gasteiger partial charge in [0.2, 0.25) is 0 Å². The summed E-state index contributed by atoms with van der Waals surface area (Å²) < 4.78 is 11.0. The van der Waals surface area contributed by atoms with Crippen LogP contribution in [0.25, 0.3) is 5.76 Å². The molecule has 0 bridgehead atoms. The van der Waals surface area contributed by atoms with Gasteiger partial charge in [-0.25, -0.2) is 0 Å². The molecule has 1 N–H and O–H groups in total. The molecule has 6 heteroatoms. The van der Waals surface area contributed by atoms with Gasteiger partial charge >= 0.3 is 0 Å². The maximum Gasteiger partial charge on any atom is 0.295 e. The van der Waals surface area contributed by atoms with Crippen molar-refractivity contribution in [3.63, 3.8) is 0 Å². The quantitative estimate of drug-likeness (QED) is 0.419. The number of Topliss-reactive ketones (excluding diaryl/α,β-unsaturated/α-hetero) is 1. The van der Waals surface area contributed by atoms with Crippen LogP contribution in [0.3, 0.4) is 0 Å². The predicted octanol–water partition coefficient (Wildman–Crippen LogP) is 4.31. The first kappa shape index (κ1) is 21.4. The summed E-state index contributed by atoms with van der Waals surface area (Å²) in [6, 6.07) is 13.4. The molecule has 1 aliphatic heterocycles. The summed E-state index contributed by atoms with van der Waals surface area (Å²) in [5.41, 5.74) is 1.21. The summed E-state index contributed by atoms with van der Waals surface area (Å²) in [4.78, 5) is 27.2. The minimum atomic E-state index is -0.691. The first-order valence-corrected chi connectivity index (χ1v) is 10.1. The second-order valence-electron chi connectivity index (χ2n) is 7.46. The Labute approximate surface area is 176 Å². The van der Waals surface area contributed by atoms with Crippen molar-refractivity contribution in [3.8, 4) is 11.5 Å². The van der Waals surface area contributed by atoms with Crippen LogP contribution in [0.5, 0.6) is 11.5 Å². The number of aliphatic hydroxyl groups excluding tert-OH is 1. The van der Waals surface area contributed by atoms with Crippen LogP contribution in [0.1, 0.15) is 44.4 Å². The highest BCUT2D eigenvalue weighted by atomic mass is 16.5. The number of ether oxygens (including phenoxy) is 2. The van der Waals surface area contributed by atoms with E-state index < -0.39 is 17.7 Å². The molecule has 1 saturated heterocycles. The van der Waals surface area contributed by atoms with Crippen molar-refractivity contribution < 1.29 is 24.2 Å². The Morgan fingerprint density at radius 1 is 1.10 bits per heavy atom. The first-order chi connectivity index (χ1) is 14.4. The van der Waals surface area contributed by atoms with Crippen LogP contribution in [0.4, 0.5) is 0 Å². The Hall–Kier alpha value is -3.28. The third kappa shape index (κ3) is 4.17. The molecular formula is C24H27NO5. The maximum atomic E-state index is 12.9. The van der Waals surface area contributed by atoms with Crippen LogP contribution in [0.15, 0.2) is 54.1 Å². The van der Waals surface area contributed by atoms with E-state index >= 15 is 0 Å². The molecular weight excluding hydrogens is 382 g/mol. The topological polar surface area (TPSA) is 76.1 Å². The molecule has 0 aliphatic carbocycles. The van der Waals surface area contributed by atoms with Crippen molar-refractivity contribution in [3.05, 3.63) is 65.2 Å². The Bertz CT molecular complexity index is 979. The highest BCUT2D eigenvalue weighted by Crippen LogP contribution is 2.40. The van der Waals surface area contributed by atoms with Gasteiger partial charge in [-0.15, -0.1) is 0 Å². The average Bonchev–Trinajstić information content (AvgIpc) is 2.98. The molecule has 1 heterocycles. The van der Waals surface area contributed by atoms with E-state index in [-0.39, 0.29) is 17.4 Å². The Balaban J connectivity index is 2.16. The van der Waals surface area contributed by atoms with Gasteiger partial charge in [0.1, 0.15) is 17.3 Å². The third-order valence-corrected chi connectivity index (χ3v) is 4.89. The van der Waals surface area contributed by atoms with Gasteiger partial charge in [0.25, 0.3) is 11.7 Å². The summed E-state index contributed by atoms with van der Waals surface area (Å²) in [7, 11) is 1.53. The molecule has 1 atom stereocenters. The van der Waals surface area contributed by atoms with Gasteiger partial charge in [-0.3, -0.25) is 9.59 Å². The number of ketones is 1. The van der Waals surface area contributed by atoms with E-state index in [1.807, 2.05) is 45.0 Å². The maximum absolute atomic E-state index is 12.9. The molecule has 2 aromatic carbocycles. The summed E-state index contributed by atoms with van der Waals surface area (Å²) in [5.74, 6) is -0.326. The van der Waals surface area contributed by atoms with Crippen molar-refractivity contribution in [2.75, 3.05) is 13.7 Å². The van der Waals surface area contributed by atoms with Crippen molar-refractivity contribution in [1.29, 1.82) is 0 Å². The summed E-state index contributed by atoms with van der Waals surface area (Å²) in [6.07, 6.45) is 0.671. The van der Waals surface area contributed by atoms with Crippen LogP contribution in [0.2, 0.25) is 0 Å². The number of amides is 1. The van der Waals surface area contributed by atoms with E-state index in [0.717, 1.165) is 0 Å². The van der Waals surface area contributed by atoms with Gasteiger partial charge in [-0.05, 0) is 50.1 Å². The lowest BCUT2D eigenvalue weighted by molar-refractivity contribution is -0.139. The molecule has 30 heavy (non-hydrogen) atoms. The van der Waals surface area contributed by atoms with Gasteiger partial charge in [0.05, 0.1) is 24.8 Å². The second-order valence-corrected chi connectivity index (χ2v) is 7.46. The standard InChI is InChI=1S/C24H27NO5/c1-5-12-25-21(16-8-6-11-19(13-16)30-15(2)3)20(23(27)24(25)28)22(26)17-9-7-10-18(14-17)29-4/h6-11,13-15,21,26H,5,12H2,1-4H3/b22-20-. The lowest BCUT2D eigenvalue weighted by Crippen LogP contribution is -2.30. The van der Waals surface area contributed by atoms with Gasteiger partial charge < -0.3 is 19.5 Å². The van der Waals surface area contributed by atoms with Crippen LogP contribution in [-0.2, 0) is 9.59 Å². The number of nitrogens with zero attached hydrogens (tertiary/aromatic N) is 1. The SMILES string of the molecule is CCCN1C(=O)C(=O)/C(=C(\O)c2cccc(OC)c2)C1c1cccc(OC(C)C)c1. The number of benzene rings is 2. The number of likely N-dealkylation sites (tertiary alicyclic amines) is 1. The smallest absolute Gasteiger partial charge is 0.295 e. The number of aliphatic hydroxyl groups is 1. The minimum absolute atomic E-state index is 0.0148. The molecule has 1 unspecified atom stereocenters. The Morgan fingerprint density at radius 2 is 1.80 bits per heavy atom. The van der Waals surface area contributed by atoms with Gasteiger partial charge in [0.15, 0.2) is 0 Å². The lowest BCUT2D eigenvalue weighted by atomic mass is 9.95. The predicted molar refractivity (Wildman–Crippen MR) is 115 cm³/mol. The Morgan fingerprint density at radius 3 is 2.47 bits per heavy atom. The molecule has 1 amide bonds. The molecule has 6 nitrogen and oxygen atoms in total. The fraction of sp³-hybridized carbons (Fsp3) is 0.333. The molecule has 0 saturated carbocycles. The van der Waals surface area contributed by atoms with Crippen molar-refractivity contribution in [2.24, 2.45) is 0 Å². The second kappa shape index (κ2) is 9.03. The van der Waals surface area contributed by atoms with Crippen molar-refractivity contribution in [1.82, 2.24) is 4.90 Å². The molecule has 0 spiro atoms. The van der Waals surface area contributed by atoms with Gasteiger partial charge in [-0.1, -0.05) is 31.2 Å². The fourth-order valence-corrected chi connectivity index (χ4v) is 3.65. The number of methoxy groups -OCH3 is 1. The van der Waals surface area contributed by atoms with Crippen LogP contribution in [-0.4, -0.2) is 41.5 Å². The molecule has 3 rings (SSSR count). The molecule has 2 aromatic rings. The van der Waals surface area contributed by atoms with E-state index in [4.69, 9.17) is 9.47 Å². The number of hydrogen-bond acceptors (Lipinski definition) is 5. The highest BCUT2D eigenvalue weighted by molar-refractivity contribution is 6.46. The zero-order valence-corrected chi connectivity index (χ0v) is 17.7. The molecule has 1 aliphatic rings. The van der Waals surface area contributed by atoms with Gasteiger partial charge in [-0.2, -0.15) is 0 Å². The number of carbonyl (C=O) groups is 2. The molecule has 0 aromatic heterocycles. The summed E-state index contributed by atoms with van der Waals surface area (Å²) >= 11 is 0. The largest absolute Gasteiger partial charge is 0.507 e. The lowest BCUT2D eigenvalue weighted by Gasteiger charge is -2.25. The van der Waals surface area contributed by atoms with Crippen molar-refractivity contribution in [2.45, 2.75) is 39.3 Å². The fourth-order valence-electron chi connectivity index (χ4n) is 3.65. The van der Waals surface area contributed by atoms with E-state index in [0.29, 0.717) is 35.6 Å². The van der Waals surface area contributed by atoms with E-state index in [9.17, 15) is 14.7 Å². The minimum Gasteiger partial charge on any atom is -0.507 e. The van der Waals surface area contributed by atoms with Crippen LogP contribution < -0.4 is 9.47 Å². The number of carbonyl (C=O) groups excluding carboxylic acids is 2. The van der Waals surface area contributed by atoms with Gasteiger partial charge in [0, 0.05) is 12.1 Å². The highest BCUT2D eigenvalue weighted by Gasteiger charge is 2.45. The zero-order valence-electron chi connectivity index (χ0n) is 17.7. The van der Waals surface area contributed by atoms with E-state index in [1.165, 1.54) is 12.0 Å². The normalized spacial score (nSPS) is 18.2. The molecule has 1 fully saturated rings.